The highest BCUT2D eigenvalue weighted by atomic mass is 16.5. The monoisotopic (exact) mass is 328 g/mol. The smallest absolute Gasteiger partial charge is 0.315 e. The lowest BCUT2D eigenvalue weighted by Crippen LogP contribution is -2.34. The number of hydrogen-bond acceptors (Lipinski definition) is 3. The number of nitrogens with one attached hydrogen (secondary N) is 2. The first kappa shape index (κ1) is 17.7. The molecule has 2 amide bonds. The highest BCUT2D eigenvalue weighted by Crippen LogP contribution is 2.13. The van der Waals surface area contributed by atoms with Crippen molar-refractivity contribution in [3.05, 3.63) is 59.7 Å². The highest BCUT2D eigenvalue weighted by molar-refractivity contribution is 5.73. The zero-order valence-electron chi connectivity index (χ0n) is 14.2. The van der Waals surface area contributed by atoms with Crippen LogP contribution in [0.15, 0.2) is 48.5 Å². The summed E-state index contributed by atoms with van der Waals surface area (Å²) in [6, 6.07) is 15.1. The SMILES string of the molecule is CCCOc1cccc(CNC(=O)NCc2ccc(OC)cc2)c1. The summed E-state index contributed by atoms with van der Waals surface area (Å²) in [6.45, 7) is 3.69. The predicted octanol–water partition coefficient (Wildman–Crippen LogP) is 3.48. The molecule has 0 aliphatic carbocycles. The second-order valence-corrected chi connectivity index (χ2v) is 5.38. The summed E-state index contributed by atoms with van der Waals surface area (Å²) in [7, 11) is 1.63. The molecule has 0 saturated heterocycles. The Hall–Kier alpha value is -2.69. The molecule has 0 heterocycles. The maximum Gasteiger partial charge on any atom is 0.315 e. The van der Waals surface area contributed by atoms with Gasteiger partial charge >= 0.3 is 6.03 Å². The van der Waals surface area contributed by atoms with Crippen LogP contribution >= 0.6 is 0 Å². The molecule has 2 rings (SSSR count). The molecule has 5 heteroatoms. The van der Waals surface area contributed by atoms with Crippen molar-refractivity contribution in [3.8, 4) is 11.5 Å². The van der Waals surface area contributed by atoms with Crippen LogP contribution in [-0.4, -0.2) is 19.7 Å². The van der Waals surface area contributed by atoms with Crippen LogP contribution in [0.2, 0.25) is 0 Å². The van der Waals surface area contributed by atoms with Crippen molar-refractivity contribution < 1.29 is 14.3 Å². The van der Waals surface area contributed by atoms with Crippen LogP contribution in [0, 0.1) is 0 Å². The first-order chi connectivity index (χ1) is 11.7. The molecule has 0 bridgehead atoms. The Labute approximate surface area is 143 Å². The fourth-order valence-corrected chi connectivity index (χ4v) is 2.14. The van der Waals surface area contributed by atoms with Gasteiger partial charge in [0.2, 0.25) is 0 Å². The first-order valence-corrected chi connectivity index (χ1v) is 8.07. The van der Waals surface area contributed by atoms with E-state index >= 15 is 0 Å². The van der Waals surface area contributed by atoms with Crippen LogP contribution in [0.1, 0.15) is 24.5 Å². The number of urea groups is 1. The molecule has 2 aromatic carbocycles. The number of benzene rings is 2. The van der Waals surface area contributed by atoms with E-state index in [0.717, 1.165) is 29.0 Å². The zero-order valence-corrected chi connectivity index (χ0v) is 14.2. The molecule has 2 aromatic rings. The minimum atomic E-state index is -0.203. The van der Waals surface area contributed by atoms with Crippen molar-refractivity contribution in [1.82, 2.24) is 10.6 Å². The van der Waals surface area contributed by atoms with Gasteiger partial charge in [-0.15, -0.1) is 0 Å². The Morgan fingerprint density at radius 1 is 0.958 bits per heavy atom. The fraction of sp³-hybridized carbons (Fsp3) is 0.316. The molecule has 0 unspecified atom stereocenters. The minimum absolute atomic E-state index is 0.203. The Bertz CT molecular complexity index is 641. The zero-order chi connectivity index (χ0) is 17.2. The third-order valence-electron chi connectivity index (χ3n) is 3.44. The van der Waals surface area contributed by atoms with Gasteiger partial charge in [-0.1, -0.05) is 31.2 Å². The molecule has 0 saturated carbocycles. The molecule has 0 aromatic heterocycles. The summed E-state index contributed by atoms with van der Waals surface area (Å²) < 4.78 is 10.7. The molecule has 2 N–H and O–H groups in total. The number of carbonyl (C=O) groups is 1. The van der Waals surface area contributed by atoms with Crippen LogP contribution in [0.5, 0.6) is 11.5 Å². The molecular formula is C19H24N2O3. The molecule has 0 spiro atoms. The average Bonchev–Trinajstić information content (AvgIpc) is 2.63. The first-order valence-electron chi connectivity index (χ1n) is 8.07. The van der Waals surface area contributed by atoms with Crippen molar-refractivity contribution in [2.45, 2.75) is 26.4 Å². The molecule has 0 aliphatic rings. The van der Waals surface area contributed by atoms with E-state index in [9.17, 15) is 4.79 Å². The van der Waals surface area contributed by atoms with Crippen molar-refractivity contribution in [2.24, 2.45) is 0 Å². The fourth-order valence-electron chi connectivity index (χ4n) is 2.14. The van der Waals surface area contributed by atoms with Crippen LogP contribution in [-0.2, 0) is 13.1 Å². The number of hydrogen-bond donors (Lipinski definition) is 2. The number of amides is 2. The van der Waals surface area contributed by atoms with Gasteiger partial charge in [-0.2, -0.15) is 0 Å². The Balaban J connectivity index is 1.76. The van der Waals surface area contributed by atoms with Crippen LogP contribution < -0.4 is 20.1 Å². The quantitative estimate of drug-likeness (QED) is 0.780. The van der Waals surface area contributed by atoms with Gasteiger partial charge in [0, 0.05) is 13.1 Å². The van der Waals surface area contributed by atoms with Gasteiger partial charge in [0.05, 0.1) is 13.7 Å². The van der Waals surface area contributed by atoms with E-state index in [1.54, 1.807) is 7.11 Å². The Morgan fingerprint density at radius 2 is 1.67 bits per heavy atom. The van der Waals surface area contributed by atoms with Crippen molar-refractivity contribution in [1.29, 1.82) is 0 Å². The number of carbonyl (C=O) groups excluding carboxylic acids is 1. The minimum Gasteiger partial charge on any atom is -0.497 e. The van der Waals surface area contributed by atoms with Gasteiger partial charge in [0.25, 0.3) is 0 Å². The third kappa shape index (κ3) is 5.83. The van der Waals surface area contributed by atoms with Crippen molar-refractivity contribution in [3.63, 3.8) is 0 Å². The standard InChI is InChI=1S/C19H24N2O3/c1-3-11-24-18-6-4-5-16(12-18)14-21-19(22)20-13-15-7-9-17(23-2)10-8-15/h4-10,12H,3,11,13-14H2,1-2H3,(H2,20,21,22). The van der Waals surface area contributed by atoms with Gasteiger partial charge in [0.15, 0.2) is 0 Å². The third-order valence-corrected chi connectivity index (χ3v) is 3.44. The van der Waals surface area contributed by atoms with E-state index in [1.165, 1.54) is 0 Å². The molecule has 24 heavy (non-hydrogen) atoms. The van der Waals surface area contributed by atoms with Crippen LogP contribution in [0.4, 0.5) is 4.79 Å². The summed E-state index contributed by atoms with van der Waals surface area (Å²) in [6.07, 6.45) is 0.968. The van der Waals surface area contributed by atoms with Gasteiger partial charge in [-0.3, -0.25) is 0 Å². The lowest BCUT2D eigenvalue weighted by Gasteiger charge is -2.10. The largest absolute Gasteiger partial charge is 0.497 e. The second kappa shape index (κ2) is 9.45. The van der Waals surface area contributed by atoms with E-state index in [4.69, 9.17) is 9.47 Å². The normalized spacial score (nSPS) is 10.1. The molecule has 0 aliphatic heterocycles. The summed E-state index contributed by atoms with van der Waals surface area (Å²) in [4.78, 5) is 11.9. The van der Waals surface area contributed by atoms with E-state index in [1.807, 2.05) is 48.5 Å². The van der Waals surface area contributed by atoms with Crippen molar-refractivity contribution in [2.75, 3.05) is 13.7 Å². The molecule has 5 nitrogen and oxygen atoms in total. The summed E-state index contributed by atoms with van der Waals surface area (Å²) in [5.74, 6) is 1.63. The van der Waals surface area contributed by atoms with Gasteiger partial charge in [-0.25, -0.2) is 4.79 Å². The highest BCUT2D eigenvalue weighted by Gasteiger charge is 2.02. The molecule has 0 radical (unpaired) electrons. The van der Waals surface area contributed by atoms with Gasteiger partial charge < -0.3 is 20.1 Å². The summed E-state index contributed by atoms with van der Waals surface area (Å²) in [5, 5.41) is 5.68. The molecular weight excluding hydrogens is 304 g/mol. The van der Waals surface area contributed by atoms with Gasteiger partial charge in [0.1, 0.15) is 11.5 Å². The van der Waals surface area contributed by atoms with Gasteiger partial charge in [-0.05, 0) is 41.8 Å². The van der Waals surface area contributed by atoms with E-state index in [-0.39, 0.29) is 6.03 Å². The summed E-state index contributed by atoms with van der Waals surface area (Å²) in [5.41, 5.74) is 2.02. The average molecular weight is 328 g/mol. The van der Waals surface area contributed by atoms with E-state index in [2.05, 4.69) is 17.6 Å². The number of methoxy groups -OCH3 is 1. The lowest BCUT2D eigenvalue weighted by atomic mass is 10.2. The maximum atomic E-state index is 11.9. The number of rotatable bonds is 8. The Kier molecular flexibility index (Phi) is 6.95. The second-order valence-electron chi connectivity index (χ2n) is 5.38. The molecule has 0 atom stereocenters. The topological polar surface area (TPSA) is 59.6 Å². The predicted molar refractivity (Wildman–Crippen MR) is 94.3 cm³/mol. The van der Waals surface area contributed by atoms with Crippen LogP contribution in [0.3, 0.4) is 0 Å². The van der Waals surface area contributed by atoms with Crippen LogP contribution in [0.25, 0.3) is 0 Å². The van der Waals surface area contributed by atoms with E-state index in [0.29, 0.717) is 19.7 Å². The van der Waals surface area contributed by atoms with Crippen molar-refractivity contribution >= 4 is 6.03 Å². The lowest BCUT2D eigenvalue weighted by molar-refractivity contribution is 0.240. The maximum absolute atomic E-state index is 11.9. The number of ether oxygens (including phenoxy) is 2. The molecule has 128 valence electrons. The molecule has 0 fully saturated rings. The Morgan fingerprint density at radius 3 is 2.33 bits per heavy atom. The van der Waals surface area contributed by atoms with E-state index < -0.39 is 0 Å². The summed E-state index contributed by atoms with van der Waals surface area (Å²) >= 11 is 0.